The number of benzene rings is 1. The molecule has 1 aromatic heterocycles. The predicted octanol–water partition coefficient (Wildman–Crippen LogP) is 3.44. The SMILES string of the molecule is Cc1ccc(Nc2ccccn2)cc1C. The molecule has 0 bridgehead atoms. The van der Waals surface area contributed by atoms with Gasteiger partial charge in [-0.05, 0) is 49.2 Å². The maximum atomic E-state index is 4.22. The molecule has 0 saturated carbocycles. The molecule has 0 aliphatic heterocycles. The molecule has 2 nitrogen and oxygen atoms in total. The van der Waals surface area contributed by atoms with Crippen LogP contribution in [0.15, 0.2) is 42.6 Å². The first-order valence-electron chi connectivity index (χ1n) is 5.01. The van der Waals surface area contributed by atoms with Gasteiger partial charge in [0.05, 0.1) is 0 Å². The van der Waals surface area contributed by atoms with Crippen molar-refractivity contribution in [2.24, 2.45) is 0 Å². The Morgan fingerprint density at radius 1 is 1.00 bits per heavy atom. The summed E-state index contributed by atoms with van der Waals surface area (Å²) in [6.07, 6.45) is 1.78. The summed E-state index contributed by atoms with van der Waals surface area (Å²) < 4.78 is 0. The van der Waals surface area contributed by atoms with Gasteiger partial charge in [0.1, 0.15) is 5.82 Å². The van der Waals surface area contributed by atoms with Crippen LogP contribution in [0.25, 0.3) is 0 Å². The molecule has 2 aromatic rings. The van der Waals surface area contributed by atoms with Crippen LogP contribution < -0.4 is 5.32 Å². The molecule has 0 fully saturated rings. The first-order valence-corrected chi connectivity index (χ1v) is 5.01. The Hall–Kier alpha value is -1.83. The lowest BCUT2D eigenvalue weighted by Crippen LogP contribution is -1.93. The molecule has 1 heterocycles. The quantitative estimate of drug-likeness (QED) is 0.799. The second kappa shape index (κ2) is 4.13. The van der Waals surface area contributed by atoms with Gasteiger partial charge in [0.25, 0.3) is 0 Å². The van der Waals surface area contributed by atoms with Gasteiger partial charge in [0, 0.05) is 11.9 Å². The summed E-state index contributed by atoms with van der Waals surface area (Å²) >= 11 is 0. The van der Waals surface area contributed by atoms with Gasteiger partial charge < -0.3 is 5.32 Å². The molecular weight excluding hydrogens is 184 g/mol. The Balaban J connectivity index is 2.22. The Kier molecular flexibility index (Phi) is 2.68. The maximum absolute atomic E-state index is 4.22. The van der Waals surface area contributed by atoms with Gasteiger partial charge in [0.2, 0.25) is 0 Å². The molecule has 0 atom stereocenters. The minimum Gasteiger partial charge on any atom is -0.340 e. The number of pyridine rings is 1. The zero-order valence-corrected chi connectivity index (χ0v) is 8.99. The number of hydrogen-bond acceptors (Lipinski definition) is 2. The molecule has 0 spiro atoms. The van der Waals surface area contributed by atoms with Crippen LogP contribution >= 0.6 is 0 Å². The van der Waals surface area contributed by atoms with Gasteiger partial charge in [0.15, 0.2) is 0 Å². The van der Waals surface area contributed by atoms with Crippen molar-refractivity contribution in [3.8, 4) is 0 Å². The van der Waals surface area contributed by atoms with E-state index in [1.165, 1.54) is 11.1 Å². The Morgan fingerprint density at radius 2 is 1.87 bits per heavy atom. The summed E-state index contributed by atoms with van der Waals surface area (Å²) in [6.45, 7) is 4.22. The van der Waals surface area contributed by atoms with E-state index >= 15 is 0 Å². The monoisotopic (exact) mass is 198 g/mol. The summed E-state index contributed by atoms with van der Waals surface area (Å²) in [6, 6.07) is 12.1. The second-order valence-corrected chi connectivity index (χ2v) is 3.64. The van der Waals surface area contributed by atoms with E-state index in [-0.39, 0.29) is 0 Å². The minimum atomic E-state index is 0.876. The largest absolute Gasteiger partial charge is 0.340 e. The fourth-order valence-electron chi connectivity index (χ4n) is 1.40. The van der Waals surface area contributed by atoms with Crippen LogP contribution in [0.3, 0.4) is 0 Å². The Labute approximate surface area is 90.0 Å². The molecule has 2 rings (SSSR count). The van der Waals surface area contributed by atoms with Crippen molar-refractivity contribution < 1.29 is 0 Å². The topological polar surface area (TPSA) is 24.9 Å². The summed E-state index contributed by atoms with van der Waals surface area (Å²) in [5, 5.41) is 3.26. The first kappa shape index (κ1) is 9.71. The molecule has 2 heteroatoms. The van der Waals surface area contributed by atoms with E-state index in [4.69, 9.17) is 0 Å². The van der Waals surface area contributed by atoms with Crippen molar-refractivity contribution in [3.63, 3.8) is 0 Å². The number of anilines is 2. The molecule has 76 valence electrons. The number of hydrogen-bond donors (Lipinski definition) is 1. The van der Waals surface area contributed by atoms with E-state index in [0.29, 0.717) is 0 Å². The normalized spacial score (nSPS) is 10.0. The molecule has 0 aliphatic carbocycles. The lowest BCUT2D eigenvalue weighted by Gasteiger charge is -2.07. The van der Waals surface area contributed by atoms with Crippen molar-refractivity contribution in [3.05, 3.63) is 53.7 Å². The van der Waals surface area contributed by atoms with E-state index in [0.717, 1.165) is 11.5 Å². The molecule has 0 unspecified atom stereocenters. The number of aromatic nitrogens is 1. The summed E-state index contributed by atoms with van der Waals surface area (Å²) in [4.78, 5) is 4.22. The number of aryl methyl sites for hydroxylation is 2. The van der Waals surface area contributed by atoms with Crippen molar-refractivity contribution >= 4 is 11.5 Å². The summed E-state index contributed by atoms with van der Waals surface area (Å²) in [7, 11) is 0. The molecule has 1 aromatic carbocycles. The fraction of sp³-hybridized carbons (Fsp3) is 0.154. The first-order chi connectivity index (χ1) is 7.25. The van der Waals surface area contributed by atoms with Crippen molar-refractivity contribution in [2.45, 2.75) is 13.8 Å². The third-order valence-electron chi connectivity index (χ3n) is 2.44. The lowest BCUT2D eigenvalue weighted by molar-refractivity contribution is 1.29. The van der Waals surface area contributed by atoms with Crippen LogP contribution in [-0.2, 0) is 0 Å². The summed E-state index contributed by atoms with van der Waals surface area (Å²) in [5.41, 5.74) is 3.68. The molecule has 15 heavy (non-hydrogen) atoms. The van der Waals surface area contributed by atoms with E-state index in [1.807, 2.05) is 18.2 Å². The smallest absolute Gasteiger partial charge is 0.130 e. The highest BCUT2D eigenvalue weighted by Gasteiger charge is 1.97. The molecule has 0 aliphatic rings. The van der Waals surface area contributed by atoms with Gasteiger partial charge in [-0.2, -0.15) is 0 Å². The highest BCUT2D eigenvalue weighted by atomic mass is 15.0. The molecule has 0 amide bonds. The predicted molar refractivity (Wildman–Crippen MR) is 63.4 cm³/mol. The van der Waals surface area contributed by atoms with Crippen LogP contribution in [0.2, 0.25) is 0 Å². The zero-order valence-electron chi connectivity index (χ0n) is 8.99. The number of nitrogens with one attached hydrogen (secondary N) is 1. The molecule has 0 saturated heterocycles. The van der Waals surface area contributed by atoms with Gasteiger partial charge in [-0.1, -0.05) is 12.1 Å². The lowest BCUT2D eigenvalue weighted by atomic mass is 10.1. The standard InChI is InChI=1S/C13H14N2/c1-10-6-7-12(9-11(10)2)15-13-5-3-4-8-14-13/h3-9H,1-2H3,(H,14,15). The fourth-order valence-corrected chi connectivity index (χ4v) is 1.40. The Bertz CT molecular complexity index is 449. The van der Waals surface area contributed by atoms with Crippen LogP contribution in [0.5, 0.6) is 0 Å². The van der Waals surface area contributed by atoms with E-state index in [9.17, 15) is 0 Å². The van der Waals surface area contributed by atoms with Crippen LogP contribution in [0.4, 0.5) is 11.5 Å². The van der Waals surface area contributed by atoms with Gasteiger partial charge in [-0.3, -0.25) is 0 Å². The second-order valence-electron chi connectivity index (χ2n) is 3.64. The van der Waals surface area contributed by atoms with E-state index < -0.39 is 0 Å². The highest BCUT2D eigenvalue weighted by molar-refractivity contribution is 5.57. The number of nitrogens with zero attached hydrogens (tertiary/aromatic N) is 1. The zero-order chi connectivity index (χ0) is 10.7. The third-order valence-corrected chi connectivity index (χ3v) is 2.44. The van der Waals surface area contributed by atoms with E-state index in [1.54, 1.807) is 6.20 Å². The summed E-state index contributed by atoms with van der Waals surface area (Å²) in [5.74, 6) is 0.876. The maximum Gasteiger partial charge on any atom is 0.130 e. The van der Waals surface area contributed by atoms with Crippen LogP contribution in [-0.4, -0.2) is 4.98 Å². The number of rotatable bonds is 2. The molecule has 1 N–H and O–H groups in total. The van der Waals surface area contributed by atoms with Crippen LogP contribution in [0.1, 0.15) is 11.1 Å². The average molecular weight is 198 g/mol. The van der Waals surface area contributed by atoms with Gasteiger partial charge >= 0.3 is 0 Å². The average Bonchev–Trinajstić information content (AvgIpc) is 2.25. The van der Waals surface area contributed by atoms with E-state index in [2.05, 4.69) is 42.3 Å². The van der Waals surface area contributed by atoms with Crippen molar-refractivity contribution in [1.29, 1.82) is 0 Å². The highest BCUT2D eigenvalue weighted by Crippen LogP contribution is 2.17. The van der Waals surface area contributed by atoms with Crippen molar-refractivity contribution in [2.75, 3.05) is 5.32 Å². The Morgan fingerprint density at radius 3 is 2.53 bits per heavy atom. The molecule has 0 radical (unpaired) electrons. The van der Waals surface area contributed by atoms with Gasteiger partial charge in [-0.25, -0.2) is 4.98 Å². The molecular formula is C13H14N2. The van der Waals surface area contributed by atoms with Gasteiger partial charge in [-0.15, -0.1) is 0 Å². The third kappa shape index (κ3) is 2.34. The minimum absolute atomic E-state index is 0.876. The van der Waals surface area contributed by atoms with Crippen molar-refractivity contribution in [1.82, 2.24) is 4.98 Å². The van der Waals surface area contributed by atoms with Crippen LogP contribution in [0, 0.1) is 13.8 Å².